The summed E-state index contributed by atoms with van der Waals surface area (Å²) in [5.74, 6) is 3.27. The molecule has 4 aliphatic rings. The number of fused-ring (bicyclic) bond motifs is 5. The second-order valence-electron chi connectivity index (χ2n) is 9.44. The van der Waals surface area contributed by atoms with Crippen LogP contribution >= 0.6 is 0 Å². The molecule has 2 fully saturated rings. The van der Waals surface area contributed by atoms with E-state index in [9.17, 15) is 0 Å². The van der Waals surface area contributed by atoms with Gasteiger partial charge in [0.2, 0.25) is 0 Å². The van der Waals surface area contributed by atoms with Crippen molar-refractivity contribution in [2.45, 2.75) is 72.6 Å². The molecule has 6 atom stereocenters. The highest BCUT2D eigenvalue weighted by Gasteiger charge is 2.58. The van der Waals surface area contributed by atoms with Gasteiger partial charge in [-0.25, -0.2) is 0 Å². The van der Waals surface area contributed by atoms with Gasteiger partial charge in [0.05, 0.1) is 0 Å². The number of allylic oxidation sites excluding steroid dienone is 5. The number of rotatable bonds is 1. The lowest BCUT2D eigenvalue weighted by molar-refractivity contribution is -0.0157. The van der Waals surface area contributed by atoms with Crippen LogP contribution in [0.15, 0.2) is 35.5 Å². The molecule has 0 amide bonds. The average Bonchev–Trinajstić information content (AvgIpc) is 2.77. The van der Waals surface area contributed by atoms with E-state index in [1.165, 1.54) is 44.9 Å². The van der Waals surface area contributed by atoms with Crippen molar-refractivity contribution in [1.29, 1.82) is 0 Å². The second-order valence-corrected chi connectivity index (χ2v) is 9.44. The fourth-order valence-corrected chi connectivity index (χ4v) is 7.45. The van der Waals surface area contributed by atoms with Gasteiger partial charge < -0.3 is 0 Å². The molecular formula is C23H34. The van der Waals surface area contributed by atoms with E-state index in [-0.39, 0.29) is 0 Å². The molecule has 0 heteroatoms. The van der Waals surface area contributed by atoms with Crippen LogP contribution in [0.25, 0.3) is 0 Å². The fourth-order valence-electron chi connectivity index (χ4n) is 7.45. The van der Waals surface area contributed by atoms with Crippen molar-refractivity contribution in [2.75, 3.05) is 0 Å². The van der Waals surface area contributed by atoms with Gasteiger partial charge in [-0.05, 0) is 91.9 Å². The Labute approximate surface area is 143 Å². The van der Waals surface area contributed by atoms with E-state index >= 15 is 0 Å². The Balaban J connectivity index is 1.78. The molecule has 4 aliphatic carbocycles. The summed E-state index contributed by atoms with van der Waals surface area (Å²) in [6.45, 7) is 14.5. The van der Waals surface area contributed by atoms with E-state index in [1.807, 2.05) is 0 Å². The molecule has 0 nitrogen and oxygen atoms in total. The van der Waals surface area contributed by atoms with E-state index in [0.717, 1.165) is 23.7 Å². The van der Waals surface area contributed by atoms with Gasteiger partial charge in [0.25, 0.3) is 0 Å². The number of hydrogen-bond donors (Lipinski definition) is 0. The van der Waals surface area contributed by atoms with Gasteiger partial charge in [-0.15, -0.1) is 0 Å². The van der Waals surface area contributed by atoms with Gasteiger partial charge in [-0.3, -0.25) is 0 Å². The second kappa shape index (κ2) is 5.11. The van der Waals surface area contributed by atoms with Crippen molar-refractivity contribution in [2.24, 2.45) is 34.5 Å². The highest BCUT2D eigenvalue weighted by atomic mass is 14.6. The Kier molecular flexibility index (Phi) is 3.49. The van der Waals surface area contributed by atoms with Crippen molar-refractivity contribution in [3.05, 3.63) is 35.5 Å². The Bertz CT molecular complexity index is 591. The standard InChI is InChI=1S/C23H34/c1-6-18-16(3)14-21-17-13-15(2)19-9-7-8-11-22(19,4)20(17)10-12-23(18,21)5/h9,13,17-18,20-21H,3,6-8,10-12,14H2,1-2,4-5H3/t17-,18+,20+,21+,22+,23-/m1/s1. The van der Waals surface area contributed by atoms with Crippen LogP contribution in [0.3, 0.4) is 0 Å². The quantitative estimate of drug-likeness (QED) is 0.473. The molecule has 0 aliphatic heterocycles. The van der Waals surface area contributed by atoms with Crippen molar-refractivity contribution >= 4 is 0 Å². The zero-order valence-electron chi connectivity index (χ0n) is 15.6. The largest absolute Gasteiger partial charge is 0.0995 e. The van der Waals surface area contributed by atoms with Gasteiger partial charge in [0, 0.05) is 0 Å². The molecule has 2 saturated carbocycles. The zero-order valence-corrected chi connectivity index (χ0v) is 15.6. The molecule has 0 aromatic rings. The molecule has 0 aromatic carbocycles. The summed E-state index contributed by atoms with van der Waals surface area (Å²) in [6, 6.07) is 0. The molecular weight excluding hydrogens is 276 g/mol. The third-order valence-electron chi connectivity index (χ3n) is 8.50. The van der Waals surface area contributed by atoms with Gasteiger partial charge in [0.1, 0.15) is 0 Å². The van der Waals surface area contributed by atoms with Crippen LogP contribution in [-0.4, -0.2) is 0 Å². The van der Waals surface area contributed by atoms with Crippen LogP contribution in [0.5, 0.6) is 0 Å². The van der Waals surface area contributed by atoms with E-state index in [2.05, 4.69) is 46.4 Å². The summed E-state index contributed by atoms with van der Waals surface area (Å²) >= 11 is 0. The molecule has 0 unspecified atom stereocenters. The molecule has 0 heterocycles. The van der Waals surface area contributed by atoms with Crippen LogP contribution < -0.4 is 0 Å². The Morgan fingerprint density at radius 3 is 2.74 bits per heavy atom. The summed E-state index contributed by atoms with van der Waals surface area (Å²) in [6.07, 6.45) is 14.8. The van der Waals surface area contributed by atoms with E-state index in [4.69, 9.17) is 0 Å². The summed E-state index contributed by atoms with van der Waals surface area (Å²) in [5, 5.41) is 0. The summed E-state index contributed by atoms with van der Waals surface area (Å²) in [5.41, 5.74) is 5.83. The van der Waals surface area contributed by atoms with Crippen LogP contribution in [0.1, 0.15) is 72.6 Å². The first-order valence-electron chi connectivity index (χ1n) is 9.99. The summed E-state index contributed by atoms with van der Waals surface area (Å²) < 4.78 is 0. The van der Waals surface area contributed by atoms with Crippen LogP contribution in [0.2, 0.25) is 0 Å². The van der Waals surface area contributed by atoms with Gasteiger partial charge >= 0.3 is 0 Å². The lowest BCUT2D eigenvalue weighted by atomic mass is 9.47. The van der Waals surface area contributed by atoms with Crippen LogP contribution in [-0.2, 0) is 0 Å². The normalized spacial score (nSPS) is 49.0. The van der Waals surface area contributed by atoms with Gasteiger partial charge in [-0.2, -0.15) is 0 Å². The third kappa shape index (κ3) is 1.96. The van der Waals surface area contributed by atoms with Crippen molar-refractivity contribution < 1.29 is 0 Å². The first-order valence-corrected chi connectivity index (χ1v) is 9.99. The van der Waals surface area contributed by atoms with Gasteiger partial charge in [-0.1, -0.05) is 50.6 Å². The molecule has 0 bridgehead atoms. The van der Waals surface area contributed by atoms with Gasteiger partial charge in [0.15, 0.2) is 0 Å². The van der Waals surface area contributed by atoms with Crippen LogP contribution in [0, 0.1) is 34.5 Å². The predicted molar refractivity (Wildman–Crippen MR) is 99.1 cm³/mol. The predicted octanol–water partition coefficient (Wildman–Crippen LogP) is 6.70. The van der Waals surface area contributed by atoms with Crippen LogP contribution in [0.4, 0.5) is 0 Å². The molecule has 0 spiro atoms. The maximum absolute atomic E-state index is 4.50. The molecule has 126 valence electrons. The molecule has 0 aromatic heterocycles. The molecule has 0 saturated heterocycles. The first-order chi connectivity index (χ1) is 10.9. The summed E-state index contributed by atoms with van der Waals surface area (Å²) in [4.78, 5) is 0. The molecule has 0 N–H and O–H groups in total. The molecule has 23 heavy (non-hydrogen) atoms. The minimum absolute atomic E-state index is 0.453. The third-order valence-corrected chi connectivity index (χ3v) is 8.50. The molecule has 0 radical (unpaired) electrons. The Morgan fingerprint density at radius 1 is 1.22 bits per heavy atom. The van der Waals surface area contributed by atoms with Crippen molar-refractivity contribution in [3.63, 3.8) is 0 Å². The van der Waals surface area contributed by atoms with E-state index in [1.54, 1.807) is 16.7 Å². The smallest absolute Gasteiger partial charge is 0.00418 e. The maximum Gasteiger partial charge on any atom is -0.00418 e. The highest BCUT2D eigenvalue weighted by molar-refractivity contribution is 5.42. The van der Waals surface area contributed by atoms with E-state index < -0.39 is 0 Å². The average molecular weight is 311 g/mol. The number of hydrogen-bond acceptors (Lipinski definition) is 0. The zero-order chi connectivity index (χ0) is 16.4. The Hall–Kier alpha value is -0.780. The Morgan fingerprint density at radius 2 is 2.00 bits per heavy atom. The molecule has 4 rings (SSSR count). The first kappa shape index (κ1) is 15.7. The minimum atomic E-state index is 0.453. The fraction of sp³-hybridized carbons (Fsp3) is 0.739. The minimum Gasteiger partial charge on any atom is -0.0995 e. The lowest BCUT2D eigenvalue weighted by Gasteiger charge is -2.57. The maximum atomic E-state index is 4.50. The van der Waals surface area contributed by atoms with Crippen molar-refractivity contribution in [3.8, 4) is 0 Å². The van der Waals surface area contributed by atoms with E-state index in [0.29, 0.717) is 10.8 Å². The SMILES string of the molecule is C=C1C[C@H]2[C@@H]3C=C(C)C4=CCCC[C@]4(C)[C@H]3CC[C@]2(C)[C@H]1CC. The van der Waals surface area contributed by atoms with Crippen molar-refractivity contribution in [1.82, 2.24) is 0 Å². The summed E-state index contributed by atoms with van der Waals surface area (Å²) in [7, 11) is 0. The monoisotopic (exact) mass is 310 g/mol. The highest BCUT2D eigenvalue weighted by Crippen LogP contribution is 2.67. The topological polar surface area (TPSA) is 0 Å². The lowest BCUT2D eigenvalue weighted by Crippen LogP contribution is -2.49.